The fraction of sp³-hybridized carbons (Fsp3) is 0.143. The second kappa shape index (κ2) is 3.63. The van der Waals surface area contributed by atoms with Crippen molar-refractivity contribution in [3.63, 3.8) is 0 Å². The quantitative estimate of drug-likeness (QED) is 0.855. The van der Waals surface area contributed by atoms with Crippen LogP contribution in [0.4, 0.5) is 4.79 Å². The number of cyclic esters (lactones) is 1. The molecule has 0 bridgehead atoms. The number of carbonyl (C=O) groups excluding carboxylic acids is 1. The lowest BCUT2D eigenvalue weighted by atomic mass is 10.3. The number of amides is 1. The number of halogens is 2. The molecule has 74 valence electrons. The molecular weight excluding hydrogens is 336 g/mol. The smallest absolute Gasteiger partial charge is 0.431 e. The van der Waals surface area contributed by atoms with Crippen LogP contribution in [0.15, 0.2) is 19.3 Å². The van der Waals surface area contributed by atoms with Crippen LogP contribution < -0.4 is 5.73 Å². The third kappa shape index (κ3) is 1.71. The molecule has 4 nitrogen and oxygen atoms in total. The second-order valence-electron chi connectivity index (χ2n) is 2.57. The summed E-state index contributed by atoms with van der Waals surface area (Å²) in [7, 11) is 0. The number of thiophene rings is 1. The topological polar surface area (TPSA) is 64.7 Å². The van der Waals surface area contributed by atoms with E-state index < -0.39 is 12.2 Å². The molecule has 1 aromatic rings. The Labute approximate surface area is 100 Å². The lowest BCUT2D eigenvalue weighted by Gasteiger charge is -2.05. The summed E-state index contributed by atoms with van der Waals surface area (Å²) < 4.78 is 6.77. The summed E-state index contributed by atoms with van der Waals surface area (Å²) in [5.41, 5.74) is 5.54. The SMILES string of the molecule is NC1=NC(=O)OC1c1cc(Br)c(Br)s1. The van der Waals surface area contributed by atoms with E-state index in [0.29, 0.717) is 0 Å². The third-order valence-corrected chi connectivity index (χ3v) is 4.93. The van der Waals surface area contributed by atoms with Crippen LogP contribution in [0.1, 0.15) is 11.0 Å². The zero-order valence-electron chi connectivity index (χ0n) is 6.66. The van der Waals surface area contributed by atoms with Gasteiger partial charge in [-0.05, 0) is 37.9 Å². The van der Waals surface area contributed by atoms with Gasteiger partial charge in [-0.1, -0.05) is 0 Å². The van der Waals surface area contributed by atoms with Crippen molar-refractivity contribution in [3.05, 3.63) is 19.2 Å². The minimum Gasteiger partial charge on any atom is -0.431 e. The maximum Gasteiger partial charge on any atom is 0.436 e. The maximum atomic E-state index is 10.8. The number of rotatable bonds is 1. The summed E-state index contributed by atoms with van der Waals surface area (Å²) in [6.07, 6.45) is -1.16. The van der Waals surface area contributed by atoms with E-state index in [4.69, 9.17) is 10.5 Å². The van der Waals surface area contributed by atoms with Crippen LogP contribution in [0.25, 0.3) is 0 Å². The van der Waals surface area contributed by atoms with Gasteiger partial charge in [0.05, 0.1) is 8.66 Å². The molecule has 0 spiro atoms. The number of hydrogen-bond acceptors (Lipinski definition) is 4. The van der Waals surface area contributed by atoms with E-state index in [9.17, 15) is 4.79 Å². The van der Waals surface area contributed by atoms with Gasteiger partial charge >= 0.3 is 6.09 Å². The first kappa shape index (κ1) is 10.1. The Hall–Kier alpha value is -0.400. The fourth-order valence-electron chi connectivity index (χ4n) is 1.05. The molecule has 1 amide bonds. The normalized spacial score (nSPS) is 20.9. The van der Waals surface area contributed by atoms with Crippen molar-refractivity contribution in [2.75, 3.05) is 0 Å². The van der Waals surface area contributed by atoms with E-state index >= 15 is 0 Å². The van der Waals surface area contributed by atoms with E-state index in [0.717, 1.165) is 13.1 Å². The second-order valence-corrected chi connectivity index (χ2v) is 5.83. The number of carbonyl (C=O) groups is 1. The molecule has 2 heterocycles. The number of nitrogens with zero attached hydrogens (tertiary/aromatic N) is 1. The monoisotopic (exact) mass is 338 g/mol. The molecule has 2 N–H and O–H groups in total. The number of amidine groups is 1. The molecule has 1 aliphatic rings. The van der Waals surface area contributed by atoms with Crippen molar-refractivity contribution in [1.29, 1.82) is 0 Å². The Bertz CT molecular complexity index is 410. The highest BCUT2D eigenvalue weighted by molar-refractivity contribution is 9.13. The standard InChI is InChI=1S/C7H4Br2N2O2S/c8-2-1-3(14-5(2)9)4-6(10)11-7(12)13-4/h1,4H,(H2,10,11,12). The van der Waals surface area contributed by atoms with Crippen molar-refractivity contribution in [1.82, 2.24) is 0 Å². The van der Waals surface area contributed by atoms with Crippen LogP contribution in [-0.4, -0.2) is 11.9 Å². The highest BCUT2D eigenvalue weighted by atomic mass is 79.9. The van der Waals surface area contributed by atoms with Gasteiger partial charge in [0.2, 0.25) is 0 Å². The minimum absolute atomic E-state index is 0.205. The van der Waals surface area contributed by atoms with Crippen LogP contribution in [0.3, 0.4) is 0 Å². The van der Waals surface area contributed by atoms with E-state index in [1.54, 1.807) is 0 Å². The highest BCUT2D eigenvalue weighted by Gasteiger charge is 2.29. The van der Waals surface area contributed by atoms with Gasteiger partial charge in [-0.15, -0.1) is 11.3 Å². The largest absolute Gasteiger partial charge is 0.436 e. The Morgan fingerprint density at radius 2 is 2.29 bits per heavy atom. The average molecular weight is 340 g/mol. The van der Waals surface area contributed by atoms with Gasteiger partial charge < -0.3 is 10.5 Å². The third-order valence-electron chi connectivity index (χ3n) is 1.63. The van der Waals surface area contributed by atoms with Crippen molar-refractivity contribution in [3.8, 4) is 0 Å². The molecule has 0 radical (unpaired) electrons. The Kier molecular flexibility index (Phi) is 2.63. The molecule has 14 heavy (non-hydrogen) atoms. The first-order valence-corrected chi connectivity index (χ1v) is 5.97. The number of nitrogens with two attached hydrogens (primary N) is 1. The number of aliphatic imine (C=N–C) groups is 1. The van der Waals surface area contributed by atoms with Crippen LogP contribution >= 0.6 is 43.2 Å². The van der Waals surface area contributed by atoms with E-state index in [-0.39, 0.29) is 5.84 Å². The molecule has 0 aromatic carbocycles. The van der Waals surface area contributed by atoms with Gasteiger partial charge in [0.1, 0.15) is 0 Å². The van der Waals surface area contributed by atoms with Crippen LogP contribution in [0.2, 0.25) is 0 Å². The summed E-state index contributed by atoms with van der Waals surface area (Å²) in [6.45, 7) is 0. The molecule has 1 atom stereocenters. The summed E-state index contributed by atoms with van der Waals surface area (Å²) in [5, 5.41) is 0. The fourth-order valence-corrected chi connectivity index (χ4v) is 3.18. The summed E-state index contributed by atoms with van der Waals surface area (Å²) >= 11 is 8.14. The minimum atomic E-state index is -0.631. The van der Waals surface area contributed by atoms with Crippen LogP contribution in [0.5, 0.6) is 0 Å². The average Bonchev–Trinajstić information content (AvgIpc) is 2.57. The van der Waals surface area contributed by atoms with Gasteiger partial charge in [0, 0.05) is 4.47 Å². The molecule has 2 rings (SSSR count). The summed E-state index contributed by atoms with van der Waals surface area (Å²) in [4.78, 5) is 15.2. The van der Waals surface area contributed by atoms with E-state index in [1.165, 1.54) is 11.3 Å². The molecule has 1 unspecified atom stereocenters. The lowest BCUT2D eigenvalue weighted by Crippen LogP contribution is -2.17. The van der Waals surface area contributed by atoms with E-state index in [1.807, 2.05) is 6.07 Å². The first-order chi connectivity index (χ1) is 6.58. The van der Waals surface area contributed by atoms with Crippen molar-refractivity contribution >= 4 is 55.1 Å². The Morgan fingerprint density at radius 3 is 2.71 bits per heavy atom. The predicted octanol–water partition coefficient (Wildman–Crippen LogP) is 2.82. The molecule has 1 aliphatic heterocycles. The lowest BCUT2D eigenvalue weighted by molar-refractivity contribution is 0.150. The zero-order chi connectivity index (χ0) is 10.3. The number of hydrogen-bond donors (Lipinski definition) is 1. The van der Waals surface area contributed by atoms with Gasteiger partial charge in [-0.3, -0.25) is 0 Å². The molecule has 0 saturated heterocycles. The zero-order valence-corrected chi connectivity index (χ0v) is 10.6. The molecule has 7 heteroatoms. The molecule has 0 aliphatic carbocycles. The molecule has 1 aromatic heterocycles. The summed E-state index contributed by atoms with van der Waals surface area (Å²) in [5.74, 6) is 0.205. The Morgan fingerprint density at radius 1 is 1.57 bits per heavy atom. The Balaban J connectivity index is 2.33. The van der Waals surface area contributed by atoms with Gasteiger partial charge in [0.25, 0.3) is 0 Å². The number of ether oxygens (including phenoxy) is 1. The van der Waals surface area contributed by atoms with Crippen LogP contribution in [0, 0.1) is 0 Å². The van der Waals surface area contributed by atoms with Crippen LogP contribution in [-0.2, 0) is 4.74 Å². The maximum absolute atomic E-state index is 10.8. The first-order valence-electron chi connectivity index (χ1n) is 3.57. The molecule has 0 saturated carbocycles. The van der Waals surface area contributed by atoms with Gasteiger partial charge in [0.15, 0.2) is 11.9 Å². The van der Waals surface area contributed by atoms with Crippen molar-refractivity contribution in [2.24, 2.45) is 10.7 Å². The van der Waals surface area contributed by atoms with Crippen molar-refractivity contribution < 1.29 is 9.53 Å². The van der Waals surface area contributed by atoms with Crippen molar-refractivity contribution in [2.45, 2.75) is 6.10 Å². The highest BCUT2D eigenvalue weighted by Crippen LogP contribution is 2.37. The van der Waals surface area contributed by atoms with Gasteiger partial charge in [-0.2, -0.15) is 4.99 Å². The van der Waals surface area contributed by atoms with E-state index in [2.05, 4.69) is 36.9 Å². The summed E-state index contributed by atoms with van der Waals surface area (Å²) in [6, 6.07) is 1.85. The van der Waals surface area contributed by atoms with Gasteiger partial charge in [-0.25, -0.2) is 4.79 Å². The molecule has 0 fully saturated rings. The predicted molar refractivity (Wildman–Crippen MR) is 60.6 cm³/mol. The molecular formula is C7H4Br2N2O2S.